The predicted octanol–water partition coefficient (Wildman–Crippen LogP) is 3.43. The van der Waals surface area contributed by atoms with Gasteiger partial charge in [-0.05, 0) is 59.0 Å². The third-order valence-electron chi connectivity index (χ3n) is 4.58. The summed E-state index contributed by atoms with van der Waals surface area (Å²) in [5.41, 5.74) is 1.54. The first-order valence-electron chi connectivity index (χ1n) is 7.55. The molecule has 1 atom stereocenters. The van der Waals surface area contributed by atoms with Gasteiger partial charge in [0.05, 0.1) is 0 Å². The Bertz CT molecular complexity index is 409. The summed E-state index contributed by atoms with van der Waals surface area (Å²) in [4.78, 5) is 2.72. The lowest BCUT2D eigenvalue weighted by Crippen LogP contribution is -2.46. The summed E-state index contributed by atoms with van der Waals surface area (Å²) in [6.07, 6.45) is 5.69. The monoisotopic (exact) mass is 370 g/mol. The van der Waals surface area contributed by atoms with Crippen molar-refractivity contribution in [3.8, 4) is 0 Å². The second kappa shape index (κ2) is 6.55. The van der Waals surface area contributed by atoms with Gasteiger partial charge in [-0.15, -0.1) is 0 Å². The molecule has 3 rings (SSSR count). The normalized spacial score (nSPS) is 23.6. The van der Waals surface area contributed by atoms with E-state index in [1.165, 1.54) is 42.3 Å². The molecule has 1 aliphatic carbocycles. The second-order valence-corrected chi connectivity index (χ2v) is 7.08. The van der Waals surface area contributed by atoms with Crippen molar-refractivity contribution in [2.45, 2.75) is 31.7 Å². The van der Waals surface area contributed by atoms with Crippen molar-refractivity contribution in [2.24, 2.45) is 5.92 Å². The molecule has 2 fully saturated rings. The molecule has 1 saturated heterocycles. The molecular weight excluding hydrogens is 347 g/mol. The van der Waals surface area contributed by atoms with E-state index < -0.39 is 0 Å². The Morgan fingerprint density at radius 2 is 1.89 bits per heavy atom. The highest BCUT2D eigenvalue weighted by molar-refractivity contribution is 14.1. The molecule has 104 valence electrons. The number of halogens is 1. The number of nitrogens with one attached hydrogen (secondary N) is 1. The van der Waals surface area contributed by atoms with Crippen LogP contribution < -0.4 is 5.32 Å². The molecule has 1 heterocycles. The Morgan fingerprint density at radius 1 is 1.16 bits per heavy atom. The minimum Gasteiger partial charge on any atom is -0.314 e. The quantitative estimate of drug-likeness (QED) is 0.821. The summed E-state index contributed by atoms with van der Waals surface area (Å²) < 4.78 is 1.37. The molecule has 0 aromatic heterocycles. The lowest BCUT2D eigenvalue weighted by molar-refractivity contribution is 0.125. The van der Waals surface area contributed by atoms with Crippen molar-refractivity contribution in [3.05, 3.63) is 33.4 Å². The fraction of sp³-hybridized carbons (Fsp3) is 0.625. The molecule has 1 aliphatic heterocycles. The van der Waals surface area contributed by atoms with Gasteiger partial charge in [0, 0.05) is 35.8 Å². The van der Waals surface area contributed by atoms with Gasteiger partial charge in [0.25, 0.3) is 0 Å². The zero-order valence-corrected chi connectivity index (χ0v) is 13.6. The molecule has 0 radical (unpaired) electrons. The highest BCUT2D eigenvalue weighted by Crippen LogP contribution is 2.39. The lowest BCUT2D eigenvalue weighted by atomic mass is 9.90. The summed E-state index contributed by atoms with van der Waals surface area (Å²) in [7, 11) is 0. The van der Waals surface area contributed by atoms with Gasteiger partial charge < -0.3 is 5.32 Å². The van der Waals surface area contributed by atoms with Crippen molar-refractivity contribution in [1.29, 1.82) is 0 Å². The smallest absolute Gasteiger partial charge is 0.0377 e. The summed E-state index contributed by atoms with van der Waals surface area (Å²) in [5.74, 6) is 0.872. The molecule has 3 heteroatoms. The molecule has 1 aromatic carbocycles. The van der Waals surface area contributed by atoms with E-state index in [-0.39, 0.29) is 0 Å². The molecule has 2 aliphatic rings. The van der Waals surface area contributed by atoms with E-state index in [0.717, 1.165) is 19.0 Å². The molecule has 1 aromatic rings. The molecule has 0 unspecified atom stereocenters. The molecule has 0 bridgehead atoms. The Kier molecular flexibility index (Phi) is 4.77. The Balaban J connectivity index is 1.86. The minimum absolute atomic E-state index is 0.652. The summed E-state index contributed by atoms with van der Waals surface area (Å²) in [5, 5.41) is 3.48. The van der Waals surface area contributed by atoms with E-state index in [1.807, 2.05) is 0 Å². The molecule has 2 nitrogen and oxygen atoms in total. The van der Waals surface area contributed by atoms with Crippen LogP contribution in [0, 0.1) is 9.49 Å². The third-order valence-corrected chi connectivity index (χ3v) is 5.25. The highest BCUT2D eigenvalue weighted by atomic mass is 127. The number of piperazine rings is 1. The average molecular weight is 370 g/mol. The van der Waals surface area contributed by atoms with Crippen LogP contribution in [0.3, 0.4) is 0 Å². The van der Waals surface area contributed by atoms with Gasteiger partial charge in [0.2, 0.25) is 0 Å². The van der Waals surface area contributed by atoms with Crippen LogP contribution in [0.1, 0.15) is 37.3 Å². The SMILES string of the molecule is Ic1cccc([C@H](C2CCCC2)N2CCNCC2)c1. The fourth-order valence-electron chi connectivity index (χ4n) is 3.71. The van der Waals surface area contributed by atoms with Gasteiger partial charge in [0.1, 0.15) is 0 Å². The van der Waals surface area contributed by atoms with Gasteiger partial charge >= 0.3 is 0 Å². The first kappa shape index (κ1) is 13.8. The Morgan fingerprint density at radius 3 is 2.58 bits per heavy atom. The van der Waals surface area contributed by atoms with Crippen LogP contribution in [0.2, 0.25) is 0 Å². The van der Waals surface area contributed by atoms with Gasteiger partial charge in [-0.1, -0.05) is 25.0 Å². The predicted molar refractivity (Wildman–Crippen MR) is 88.3 cm³/mol. The zero-order chi connectivity index (χ0) is 13.1. The first-order valence-corrected chi connectivity index (χ1v) is 8.63. The molecule has 0 amide bonds. The van der Waals surface area contributed by atoms with Crippen molar-refractivity contribution in [3.63, 3.8) is 0 Å². The largest absolute Gasteiger partial charge is 0.314 e. The first-order chi connectivity index (χ1) is 9.34. The second-order valence-electron chi connectivity index (χ2n) is 5.83. The van der Waals surface area contributed by atoms with Crippen molar-refractivity contribution in [1.82, 2.24) is 10.2 Å². The standard InChI is InChI=1S/C16H23IN2/c17-15-7-3-6-14(12-15)16(13-4-1-2-5-13)19-10-8-18-9-11-19/h3,6-7,12-13,16,18H,1-2,4-5,8-11H2/t16-/m0/s1. The van der Waals surface area contributed by atoms with Gasteiger partial charge in [0.15, 0.2) is 0 Å². The van der Waals surface area contributed by atoms with Crippen molar-refractivity contribution in [2.75, 3.05) is 26.2 Å². The minimum atomic E-state index is 0.652. The van der Waals surface area contributed by atoms with Gasteiger partial charge in [-0.25, -0.2) is 0 Å². The van der Waals surface area contributed by atoms with Crippen LogP contribution in [0.4, 0.5) is 0 Å². The molecule has 1 N–H and O–H groups in total. The molecule has 1 saturated carbocycles. The van der Waals surface area contributed by atoms with Gasteiger partial charge in [-0.3, -0.25) is 4.90 Å². The Hall–Kier alpha value is -0.130. The summed E-state index contributed by atoms with van der Waals surface area (Å²) in [6, 6.07) is 9.81. The van der Waals surface area contributed by atoms with Crippen LogP contribution in [0.15, 0.2) is 24.3 Å². The van der Waals surface area contributed by atoms with Crippen molar-refractivity contribution >= 4 is 22.6 Å². The van der Waals surface area contributed by atoms with E-state index in [1.54, 1.807) is 5.56 Å². The van der Waals surface area contributed by atoms with Gasteiger partial charge in [-0.2, -0.15) is 0 Å². The maximum absolute atomic E-state index is 3.48. The zero-order valence-electron chi connectivity index (χ0n) is 11.4. The molecule has 19 heavy (non-hydrogen) atoms. The van der Waals surface area contributed by atoms with Crippen LogP contribution in [0.25, 0.3) is 0 Å². The van der Waals surface area contributed by atoms with E-state index in [2.05, 4.69) is 57.1 Å². The van der Waals surface area contributed by atoms with Crippen LogP contribution in [0.5, 0.6) is 0 Å². The number of benzene rings is 1. The van der Waals surface area contributed by atoms with Crippen molar-refractivity contribution < 1.29 is 0 Å². The third kappa shape index (κ3) is 3.31. The highest BCUT2D eigenvalue weighted by Gasteiger charge is 2.31. The maximum atomic E-state index is 3.48. The van der Waals surface area contributed by atoms with Crippen LogP contribution >= 0.6 is 22.6 Å². The number of hydrogen-bond donors (Lipinski definition) is 1. The van der Waals surface area contributed by atoms with Crippen LogP contribution in [-0.2, 0) is 0 Å². The van der Waals surface area contributed by atoms with E-state index in [9.17, 15) is 0 Å². The lowest BCUT2D eigenvalue weighted by Gasteiger charge is -2.38. The average Bonchev–Trinajstić information content (AvgIpc) is 2.94. The number of hydrogen-bond acceptors (Lipinski definition) is 2. The number of nitrogens with zero attached hydrogens (tertiary/aromatic N) is 1. The summed E-state index contributed by atoms with van der Waals surface area (Å²) in [6.45, 7) is 4.69. The maximum Gasteiger partial charge on any atom is 0.0377 e. The van der Waals surface area contributed by atoms with E-state index in [0.29, 0.717) is 6.04 Å². The van der Waals surface area contributed by atoms with Crippen LogP contribution in [-0.4, -0.2) is 31.1 Å². The summed E-state index contributed by atoms with van der Waals surface area (Å²) >= 11 is 2.44. The Labute approximate surface area is 130 Å². The molecular formula is C16H23IN2. The molecule has 0 spiro atoms. The fourth-order valence-corrected chi connectivity index (χ4v) is 4.27. The number of rotatable bonds is 3. The van der Waals surface area contributed by atoms with E-state index in [4.69, 9.17) is 0 Å². The van der Waals surface area contributed by atoms with E-state index >= 15 is 0 Å². The topological polar surface area (TPSA) is 15.3 Å².